The van der Waals surface area contributed by atoms with Crippen LogP contribution in [0.25, 0.3) is 22.6 Å². The molecular formula is C26H26N2O5S2. The lowest BCUT2D eigenvalue weighted by molar-refractivity contribution is -0.136. The van der Waals surface area contributed by atoms with Gasteiger partial charge < -0.3 is 9.64 Å². The Morgan fingerprint density at radius 2 is 2.03 bits per heavy atom. The molecule has 1 fully saturated rings. The number of aromatic nitrogens is 1. The first kappa shape index (κ1) is 23.7. The second kappa shape index (κ2) is 9.54. The number of rotatable bonds is 6. The van der Waals surface area contributed by atoms with Crippen LogP contribution in [0.3, 0.4) is 0 Å². The first-order valence-electron chi connectivity index (χ1n) is 11.7. The minimum atomic E-state index is -3.13. The summed E-state index contributed by atoms with van der Waals surface area (Å²) in [6.07, 6.45) is 3.97. The van der Waals surface area contributed by atoms with E-state index in [1.54, 1.807) is 18.3 Å². The number of hydrogen-bond donors (Lipinski definition) is 0. The van der Waals surface area contributed by atoms with Gasteiger partial charge in [-0.1, -0.05) is 24.3 Å². The van der Waals surface area contributed by atoms with Crippen LogP contribution < -0.4 is 0 Å². The predicted molar refractivity (Wildman–Crippen MR) is 137 cm³/mol. The third-order valence-corrected chi connectivity index (χ3v) is 9.21. The number of allylic oxidation sites excluding steroid dienone is 1. The van der Waals surface area contributed by atoms with E-state index in [1.807, 2.05) is 41.8 Å². The number of carbonyl (C=O) groups excluding carboxylic acids is 2. The van der Waals surface area contributed by atoms with Crippen LogP contribution in [-0.2, 0) is 25.8 Å². The maximum atomic E-state index is 13.3. The molecule has 2 aromatic heterocycles. The summed E-state index contributed by atoms with van der Waals surface area (Å²) in [5, 5.41) is 2.73. The lowest BCUT2D eigenvalue weighted by Crippen LogP contribution is -2.43. The van der Waals surface area contributed by atoms with E-state index in [1.165, 1.54) is 4.90 Å². The molecule has 0 radical (unpaired) electrons. The van der Waals surface area contributed by atoms with Crippen LogP contribution >= 0.6 is 11.3 Å². The van der Waals surface area contributed by atoms with Gasteiger partial charge in [-0.2, -0.15) is 0 Å². The van der Waals surface area contributed by atoms with Crippen molar-refractivity contribution in [2.24, 2.45) is 0 Å². The number of ether oxygens (including phenoxy) is 1. The molecular weight excluding hydrogens is 484 g/mol. The lowest BCUT2D eigenvalue weighted by Gasteiger charge is -2.26. The van der Waals surface area contributed by atoms with Gasteiger partial charge in [0.2, 0.25) is 0 Å². The second-order valence-electron chi connectivity index (χ2n) is 8.83. The third-order valence-electron chi connectivity index (χ3n) is 6.64. The maximum Gasteiger partial charge on any atom is 0.339 e. The third kappa shape index (κ3) is 4.75. The van der Waals surface area contributed by atoms with Crippen molar-refractivity contribution in [3.05, 3.63) is 63.5 Å². The molecule has 0 N–H and O–H groups in total. The zero-order chi connectivity index (χ0) is 24.6. The van der Waals surface area contributed by atoms with E-state index in [0.717, 1.165) is 28.1 Å². The van der Waals surface area contributed by atoms with Gasteiger partial charge in [-0.05, 0) is 60.9 Å². The van der Waals surface area contributed by atoms with Gasteiger partial charge in [0.25, 0.3) is 5.91 Å². The number of pyridine rings is 1. The summed E-state index contributed by atoms with van der Waals surface area (Å²) >= 11 is 1.65. The topological polar surface area (TPSA) is 93.6 Å². The normalized spacial score (nSPS) is 19.7. The highest BCUT2D eigenvalue weighted by Gasteiger charge is 2.34. The van der Waals surface area contributed by atoms with E-state index in [4.69, 9.17) is 9.72 Å². The van der Waals surface area contributed by atoms with Crippen molar-refractivity contribution < 1.29 is 22.7 Å². The van der Waals surface area contributed by atoms with Crippen molar-refractivity contribution in [1.29, 1.82) is 0 Å². The average Bonchev–Trinajstić information content (AvgIpc) is 3.58. The molecule has 0 saturated carbocycles. The molecule has 3 heterocycles. The Labute approximate surface area is 208 Å². The molecule has 1 aliphatic heterocycles. The highest BCUT2D eigenvalue weighted by atomic mass is 32.2. The summed E-state index contributed by atoms with van der Waals surface area (Å²) in [6.45, 7) is 1.74. The number of carbonyl (C=O) groups is 2. The smallest absolute Gasteiger partial charge is 0.339 e. The Balaban J connectivity index is 1.42. The Morgan fingerprint density at radius 1 is 1.20 bits per heavy atom. The van der Waals surface area contributed by atoms with Gasteiger partial charge in [0.1, 0.15) is 0 Å². The Hall–Kier alpha value is -3.04. The van der Waals surface area contributed by atoms with Crippen molar-refractivity contribution >= 4 is 55.6 Å². The molecule has 1 amide bonds. The van der Waals surface area contributed by atoms with Crippen LogP contribution in [0.4, 0.5) is 0 Å². The van der Waals surface area contributed by atoms with E-state index in [2.05, 4.69) is 6.08 Å². The molecule has 182 valence electrons. The van der Waals surface area contributed by atoms with Crippen molar-refractivity contribution in [2.75, 3.05) is 24.7 Å². The summed E-state index contributed by atoms with van der Waals surface area (Å²) in [7, 11) is -3.13. The highest BCUT2D eigenvalue weighted by Crippen LogP contribution is 2.38. The van der Waals surface area contributed by atoms with Crippen molar-refractivity contribution in [1.82, 2.24) is 9.88 Å². The number of fused-ring (bicyclic) bond motifs is 2. The molecule has 2 aliphatic rings. The molecule has 0 bridgehead atoms. The summed E-state index contributed by atoms with van der Waals surface area (Å²) < 4.78 is 29.3. The summed E-state index contributed by atoms with van der Waals surface area (Å²) in [5.74, 6) is -0.892. The van der Waals surface area contributed by atoms with Crippen LogP contribution in [0.15, 0.2) is 41.8 Å². The van der Waals surface area contributed by atoms with Gasteiger partial charge in [-0.25, -0.2) is 18.2 Å². The van der Waals surface area contributed by atoms with E-state index >= 15 is 0 Å². The highest BCUT2D eigenvalue weighted by molar-refractivity contribution is 7.91. The number of esters is 1. The molecule has 1 aliphatic carbocycles. The van der Waals surface area contributed by atoms with Crippen molar-refractivity contribution in [3.63, 3.8) is 0 Å². The number of nitrogens with zero attached hydrogens (tertiary/aromatic N) is 2. The molecule has 0 spiro atoms. The molecule has 7 nitrogen and oxygen atoms in total. The maximum absolute atomic E-state index is 13.3. The van der Waals surface area contributed by atoms with Gasteiger partial charge in [0, 0.05) is 22.8 Å². The van der Waals surface area contributed by atoms with E-state index in [0.29, 0.717) is 35.9 Å². The van der Waals surface area contributed by atoms with Crippen LogP contribution in [0.2, 0.25) is 0 Å². The molecule has 3 aromatic rings. The first-order valence-corrected chi connectivity index (χ1v) is 14.4. The summed E-state index contributed by atoms with van der Waals surface area (Å²) in [4.78, 5) is 33.7. The fourth-order valence-electron chi connectivity index (χ4n) is 5.00. The number of para-hydroxylation sites is 1. The van der Waals surface area contributed by atoms with Crippen LogP contribution in [0.1, 0.15) is 46.3 Å². The standard InChI is InChI=1S/C26H26N2O5S2/c1-2-28(18-11-13-35(31,32)16-18)23(29)15-33-26(30)24-20-7-3-4-8-22(20)27-25-17(9-10-21(24)25)14-19-6-5-12-34-19/h3-8,12,14,18H,2,9-11,13,15-16H2,1H3/b17-14-. The number of sulfone groups is 1. The first-order chi connectivity index (χ1) is 16.9. The number of likely N-dealkylation sites (N-methyl/N-ethyl adjacent to an activating group) is 1. The molecule has 1 saturated heterocycles. The number of thiophene rings is 1. The van der Waals surface area contributed by atoms with Gasteiger partial charge in [0.15, 0.2) is 16.4 Å². The fraction of sp³-hybridized carbons (Fsp3) is 0.346. The zero-order valence-electron chi connectivity index (χ0n) is 19.4. The summed E-state index contributed by atoms with van der Waals surface area (Å²) in [5.41, 5.74) is 3.90. The van der Waals surface area contributed by atoms with Gasteiger partial charge in [0.05, 0.1) is 28.3 Å². The molecule has 1 aromatic carbocycles. The number of amides is 1. The number of hydrogen-bond acceptors (Lipinski definition) is 7. The molecule has 1 unspecified atom stereocenters. The number of benzene rings is 1. The van der Waals surface area contributed by atoms with Crippen molar-refractivity contribution in [2.45, 2.75) is 32.2 Å². The van der Waals surface area contributed by atoms with Crippen LogP contribution in [0, 0.1) is 0 Å². The van der Waals surface area contributed by atoms with Gasteiger partial charge >= 0.3 is 5.97 Å². The molecule has 35 heavy (non-hydrogen) atoms. The Bertz CT molecular complexity index is 1430. The Morgan fingerprint density at radius 3 is 2.74 bits per heavy atom. The fourth-order valence-corrected chi connectivity index (χ4v) is 7.41. The van der Waals surface area contributed by atoms with Crippen LogP contribution in [0.5, 0.6) is 0 Å². The van der Waals surface area contributed by atoms with E-state index in [-0.39, 0.29) is 23.5 Å². The lowest BCUT2D eigenvalue weighted by atomic mass is 10.0. The summed E-state index contributed by atoms with van der Waals surface area (Å²) in [6, 6.07) is 11.1. The largest absolute Gasteiger partial charge is 0.452 e. The predicted octanol–water partition coefficient (Wildman–Crippen LogP) is 3.98. The zero-order valence-corrected chi connectivity index (χ0v) is 21.0. The van der Waals surface area contributed by atoms with Gasteiger partial charge in [-0.15, -0.1) is 11.3 Å². The monoisotopic (exact) mass is 510 g/mol. The SMILES string of the molecule is CCN(C(=O)COC(=O)c1c2c(nc3ccccc13)/C(=C\c1cccs1)CC2)C1CCS(=O)(=O)C1. The minimum Gasteiger partial charge on any atom is -0.452 e. The van der Waals surface area contributed by atoms with Gasteiger partial charge in [-0.3, -0.25) is 4.79 Å². The van der Waals surface area contributed by atoms with E-state index < -0.39 is 22.4 Å². The molecule has 1 atom stereocenters. The average molecular weight is 511 g/mol. The van der Waals surface area contributed by atoms with Crippen molar-refractivity contribution in [3.8, 4) is 0 Å². The minimum absolute atomic E-state index is 0.0393. The molecule has 9 heteroatoms. The Kier molecular flexibility index (Phi) is 6.46. The second-order valence-corrected chi connectivity index (χ2v) is 12.0. The van der Waals surface area contributed by atoms with E-state index in [9.17, 15) is 18.0 Å². The quantitative estimate of drug-likeness (QED) is 0.466. The van der Waals surface area contributed by atoms with Crippen LogP contribution in [-0.4, -0.2) is 60.9 Å². The molecule has 5 rings (SSSR count).